The molecule has 0 spiro atoms. The third-order valence-corrected chi connectivity index (χ3v) is 4.78. The number of benzene rings is 1. The maximum atomic E-state index is 12.4. The summed E-state index contributed by atoms with van der Waals surface area (Å²) in [5.41, 5.74) is 1.28. The number of nitrogens with one attached hydrogen (secondary N) is 1. The Hall–Kier alpha value is -2.74. The monoisotopic (exact) mass is 391 g/mol. The zero-order valence-corrected chi connectivity index (χ0v) is 16.1. The van der Waals surface area contributed by atoms with E-state index in [4.69, 9.17) is 16.3 Å². The summed E-state index contributed by atoms with van der Waals surface area (Å²) >= 11 is 6.24. The molecule has 1 aromatic heterocycles. The van der Waals surface area contributed by atoms with Crippen LogP contribution in [-0.2, 0) is 11.8 Å². The van der Waals surface area contributed by atoms with Crippen molar-refractivity contribution in [3.8, 4) is 5.88 Å². The molecule has 0 bridgehead atoms. The SMILES string of the molecule is COc1nn(C)cc1C(=O)NCC(=O)N1CCN(c2ccccc2Cl)CC1. The molecule has 0 unspecified atom stereocenters. The first-order valence-electron chi connectivity index (χ1n) is 8.62. The second kappa shape index (κ2) is 8.30. The summed E-state index contributed by atoms with van der Waals surface area (Å²) in [7, 11) is 3.14. The van der Waals surface area contributed by atoms with Crippen LogP contribution in [0.4, 0.5) is 5.69 Å². The van der Waals surface area contributed by atoms with Gasteiger partial charge in [-0.1, -0.05) is 23.7 Å². The van der Waals surface area contributed by atoms with E-state index in [2.05, 4.69) is 15.3 Å². The number of amides is 2. The summed E-state index contributed by atoms with van der Waals surface area (Å²) in [5, 5.41) is 7.37. The molecule has 9 heteroatoms. The van der Waals surface area contributed by atoms with Crippen LogP contribution in [-0.4, -0.2) is 66.3 Å². The molecule has 1 aromatic carbocycles. The minimum atomic E-state index is -0.386. The van der Waals surface area contributed by atoms with Gasteiger partial charge in [0.05, 0.1) is 24.4 Å². The van der Waals surface area contributed by atoms with Gasteiger partial charge in [-0.15, -0.1) is 5.10 Å². The zero-order valence-electron chi connectivity index (χ0n) is 15.3. The first-order chi connectivity index (χ1) is 13.0. The number of hydrogen-bond donors (Lipinski definition) is 1. The fourth-order valence-corrected chi connectivity index (χ4v) is 3.30. The Balaban J connectivity index is 1.51. The highest BCUT2D eigenvalue weighted by molar-refractivity contribution is 6.33. The van der Waals surface area contributed by atoms with Crippen molar-refractivity contribution in [2.24, 2.45) is 7.05 Å². The van der Waals surface area contributed by atoms with Crippen LogP contribution < -0.4 is 15.0 Å². The zero-order chi connectivity index (χ0) is 19.4. The summed E-state index contributed by atoms with van der Waals surface area (Å²) in [6.45, 7) is 2.48. The van der Waals surface area contributed by atoms with Crippen LogP contribution in [0, 0.1) is 0 Å². The van der Waals surface area contributed by atoms with E-state index in [-0.39, 0.29) is 24.2 Å². The van der Waals surface area contributed by atoms with E-state index in [1.165, 1.54) is 11.8 Å². The van der Waals surface area contributed by atoms with Crippen molar-refractivity contribution < 1.29 is 14.3 Å². The topological polar surface area (TPSA) is 79.7 Å². The maximum absolute atomic E-state index is 12.4. The first-order valence-corrected chi connectivity index (χ1v) is 9.00. The number of rotatable bonds is 5. The molecule has 1 fully saturated rings. The summed E-state index contributed by atoms with van der Waals surface area (Å²) < 4.78 is 6.56. The fourth-order valence-electron chi connectivity index (χ4n) is 3.04. The van der Waals surface area contributed by atoms with Crippen molar-refractivity contribution in [2.45, 2.75) is 0 Å². The van der Waals surface area contributed by atoms with Crippen molar-refractivity contribution in [3.05, 3.63) is 41.0 Å². The van der Waals surface area contributed by atoms with Crippen LogP contribution >= 0.6 is 11.6 Å². The number of hydrogen-bond acceptors (Lipinski definition) is 5. The van der Waals surface area contributed by atoms with Gasteiger partial charge in [-0.2, -0.15) is 0 Å². The number of nitrogens with zero attached hydrogens (tertiary/aromatic N) is 4. The number of carbonyl (C=O) groups excluding carboxylic acids is 2. The Bertz CT molecular complexity index is 830. The second-order valence-electron chi connectivity index (χ2n) is 6.23. The number of methoxy groups -OCH3 is 1. The molecule has 2 aromatic rings. The minimum Gasteiger partial charge on any atom is -0.479 e. The quantitative estimate of drug-likeness (QED) is 0.827. The molecule has 27 heavy (non-hydrogen) atoms. The highest BCUT2D eigenvalue weighted by atomic mass is 35.5. The summed E-state index contributed by atoms with van der Waals surface area (Å²) in [6.07, 6.45) is 1.56. The molecule has 8 nitrogen and oxygen atoms in total. The third kappa shape index (κ3) is 4.33. The molecular weight excluding hydrogens is 370 g/mol. The lowest BCUT2D eigenvalue weighted by molar-refractivity contribution is -0.130. The molecule has 144 valence electrons. The number of anilines is 1. The predicted octanol–water partition coefficient (Wildman–Crippen LogP) is 1.16. The van der Waals surface area contributed by atoms with Crippen molar-refractivity contribution in [1.82, 2.24) is 20.0 Å². The molecule has 1 saturated heterocycles. The van der Waals surface area contributed by atoms with Gasteiger partial charge < -0.3 is 19.9 Å². The third-order valence-electron chi connectivity index (χ3n) is 4.46. The van der Waals surface area contributed by atoms with Gasteiger partial charge >= 0.3 is 0 Å². The number of aryl methyl sites for hydroxylation is 1. The standard InChI is InChI=1S/C18H22ClN5O3/c1-22-12-13(18(21-22)27-2)17(26)20-11-16(25)24-9-7-23(8-10-24)15-6-4-3-5-14(15)19/h3-6,12H,7-11H2,1-2H3,(H,20,26). The fraction of sp³-hybridized carbons (Fsp3) is 0.389. The number of carbonyl (C=O) groups is 2. The van der Waals surface area contributed by atoms with E-state index in [0.717, 1.165) is 5.69 Å². The number of ether oxygens (including phenoxy) is 1. The van der Waals surface area contributed by atoms with Gasteiger partial charge in [0.2, 0.25) is 11.8 Å². The van der Waals surface area contributed by atoms with E-state index in [1.54, 1.807) is 18.1 Å². The molecule has 2 amide bonds. The number of halogens is 1. The van der Waals surface area contributed by atoms with Gasteiger partial charge in [0.25, 0.3) is 5.91 Å². The van der Waals surface area contributed by atoms with Gasteiger partial charge in [-0.05, 0) is 12.1 Å². The van der Waals surface area contributed by atoms with Crippen LogP contribution in [0.1, 0.15) is 10.4 Å². The Morgan fingerprint density at radius 2 is 1.93 bits per heavy atom. The van der Waals surface area contributed by atoms with Crippen molar-refractivity contribution in [1.29, 1.82) is 0 Å². The molecule has 3 rings (SSSR count). The molecule has 0 aliphatic carbocycles. The van der Waals surface area contributed by atoms with E-state index in [9.17, 15) is 9.59 Å². The number of aromatic nitrogens is 2. The normalized spacial score (nSPS) is 14.2. The lowest BCUT2D eigenvalue weighted by Crippen LogP contribution is -2.51. The van der Waals surface area contributed by atoms with E-state index in [1.807, 2.05) is 24.3 Å². The van der Waals surface area contributed by atoms with E-state index < -0.39 is 0 Å². The largest absolute Gasteiger partial charge is 0.479 e. The van der Waals surface area contributed by atoms with Gasteiger partial charge in [0.1, 0.15) is 5.56 Å². The van der Waals surface area contributed by atoms with Crippen molar-refractivity contribution in [3.63, 3.8) is 0 Å². The second-order valence-corrected chi connectivity index (χ2v) is 6.63. The van der Waals surface area contributed by atoms with Gasteiger partial charge in [0.15, 0.2) is 0 Å². The molecular formula is C18H22ClN5O3. The van der Waals surface area contributed by atoms with Crippen molar-refractivity contribution in [2.75, 3.05) is 44.7 Å². The Kier molecular flexibility index (Phi) is 5.85. The minimum absolute atomic E-state index is 0.0665. The molecule has 1 aliphatic heterocycles. The Labute approximate surface area is 162 Å². The van der Waals surface area contributed by atoms with Crippen LogP contribution in [0.5, 0.6) is 5.88 Å². The van der Waals surface area contributed by atoms with Crippen LogP contribution in [0.2, 0.25) is 5.02 Å². The molecule has 0 saturated carbocycles. The van der Waals surface area contributed by atoms with Gasteiger partial charge in [-0.3, -0.25) is 14.3 Å². The molecule has 1 aliphatic rings. The van der Waals surface area contributed by atoms with Gasteiger partial charge in [0, 0.05) is 39.4 Å². The molecule has 2 heterocycles. The van der Waals surface area contributed by atoms with E-state index >= 15 is 0 Å². The highest BCUT2D eigenvalue weighted by Gasteiger charge is 2.23. The maximum Gasteiger partial charge on any atom is 0.258 e. The summed E-state index contributed by atoms with van der Waals surface area (Å²) in [5.74, 6) is -0.274. The van der Waals surface area contributed by atoms with Crippen LogP contribution in [0.15, 0.2) is 30.5 Å². The predicted molar refractivity (Wildman–Crippen MR) is 102 cm³/mol. The summed E-state index contributed by atoms with van der Waals surface area (Å²) in [4.78, 5) is 28.6. The molecule has 1 N–H and O–H groups in total. The number of para-hydroxylation sites is 1. The van der Waals surface area contributed by atoms with Crippen LogP contribution in [0.25, 0.3) is 0 Å². The van der Waals surface area contributed by atoms with E-state index in [0.29, 0.717) is 36.8 Å². The first kappa shape index (κ1) is 19.0. The van der Waals surface area contributed by atoms with Crippen LogP contribution in [0.3, 0.4) is 0 Å². The average Bonchev–Trinajstić information content (AvgIpc) is 3.07. The lowest BCUT2D eigenvalue weighted by atomic mass is 10.2. The van der Waals surface area contributed by atoms with Gasteiger partial charge in [-0.25, -0.2) is 0 Å². The summed E-state index contributed by atoms with van der Waals surface area (Å²) in [6, 6.07) is 7.67. The Morgan fingerprint density at radius 1 is 1.22 bits per heavy atom. The van der Waals surface area contributed by atoms with Crippen molar-refractivity contribution >= 4 is 29.1 Å². The molecule has 0 radical (unpaired) electrons. The number of piperazine rings is 1. The smallest absolute Gasteiger partial charge is 0.258 e. The Morgan fingerprint density at radius 3 is 2.59 bits per heavy atom. The highest BCUT2D eigenvalue weighted by Crippen LogP contribution is 2.26. The molecule has 0 atom stereocenters. The lowest BCUT2D eigenvalue weighted by Gasteiger charge is -2.36. The average molecular weight is 392 g/mol.